The Morgan fingerprint density at radius 1 is 1.29 bits per heavy atom. The summed E-state index contributed by atoms with van der Waals surface area (Å²) in [6.07, 6.45) is 5.83. The number of rotatable bonds is 8. The zero-order valence-corrected chi connectivity index (χ0v) is 13.2. The van der Waals surface area contributed by atoms with Gasteiger partial charge in [-0.2, -0.15) is 0 Å². The molecule has 0 aliphatic heterocycles. The molecular formula is C17H25N3O. The van der Waals surface area contributed by atoms with Gasteiger partial charge in [-0.1, -0.05) is 13.8 Å². The lowest BCUT2D eigenvalue weighted by Gasteiger charge is -2.20. The SMILES string of the molecule is CCCNC(CC)c1ccc(N(C)Cc2ccco2)cn1. The Balaban J connectivity index is 2.00. The van der Waals surface area contributed by atoms with Gasteiger partial charge in [0, 0.05) is 13.1 Å². The number of hydrogen-bond acceptors (Lipinski definition) is 4. The molecule has 0 spiro atoms. The van der Waals surface area contributed by atoms with Crippen molar-refractivity contribution < 1.29 is 4.42 Å². The number of anilines is 1. The molecule has 4 heteroatoms. The molecule has 0 fully saturated rings. The second-order valence-electron chi connectivity index (χ2n) is 5.29. The second-order valence-corrected chi connectivity index (χ2v) is 5.29. The molecule has 0 aliphatic rings. The van der Waals surface area contributed by atoms with Crippen LogP contribution in [-0.2, 0) is 6.54 Å². The molecule has 2 rings (SSSR count). The quantitative estimate of drug-likeness (QED) is 0.802. The molecule has 0 amide bonds. The van der Waals surface area contributed by atoms with Crippen molar-refractivity contribution in [1.29, 1.82) is 0 Å². The van der Waals surface area contributed by atoms with Crippen molar-refractivity contribution in [2.75, 3.05) is 18.5 Å². The first-order valence-corrected chi connectivity index (χ1v) is 7.67. The molecule has 1 N–H and O–H groups in total. The van der Waals surface area contributed by atoms with Crippen LogP contribution in [0.5, 0.6) is 0 Å². The van der Waals surface area contributed by atoms with Gasteiger partial charge in [0.05, 0.1) is 30.4 Å². The van der Waals surface area contributed by atoms with Crippen molar-refractivity contribution in [2.24, 2.45) is 0 Å². The lowest BCUT2D eigenvalue weighted by atomic mass is 10.1. The molecule has 2 heterocycles. The Kier molecular flexibility index (Phi) is 5.81. The highest BCUT2D eigenvalue weighted by atomic mass is 16.3. The van der Waals surface area contributed by atoms with Gasteiger partial charge >= 0.3 is 0 Å². The Labute approximate surface area is 127 Å². The summed E-state index contributed by atoms with van der Waals surface area (Å²) >= 11 is 0. The second kappa shape index (κ2) is 7.84. The molecule has 4 nitrogen and oxygen atoms in total. The molecule has 0 radical (unpaired) electrons. The lowest BCUT2D eigenvalue weighted by Crippen LogP contribution is -2.22. The Morgan fingerprint density at radius 2 is 2.14 bits per heavy atom. The normalized spacial score (nSPS) is 12.3. The van der Waals surface area contributed by atoms with Gasteiger partial charge in [-0.3, -0.25) is 4.98 Å². The van der Waals surface area contributed by atoms with Crippen molar-refractivity contribution in [3.63, 3.8) is 0 Å². The van der Waals surface area contributed by atoms with E-state index in [1.807, 2.05) is 25.4 Å². The monoisotopic (exact) mass is 287 g/mol. The molecule has 0 aromatic carbocycles. The van der Waals surface area contributed by atoms with Crippen LogP contribution in [0.25, 0.3) is 0 Å². The minimum absolute atomic E-state index is 0.342. The number of nitrogens with one attached hydrogen (secondary N) is 1. The van der Waals surface area contributed by atoms with Crippen LogP contribution >= 0.6 is 0 Å². The number of nitrogens with zero attached hydrogens (tertiary/aromatic N) is 2. The first-order valence-electron chi connectivity index (χ1n) is 7.67. The van der Waals surface area contributed by atoms with Crippen LogP contribution in [0.4, 0.5) is 5.69 Å². The van der Waals surface area contributed by atoms with Crippen LogP contribution in [0.15, 0.2) is 41.1 Å². The number of aromatic nitrogens is 1. The van der Waals surface area contributed by atoms with Gasteiger partial charge in [-0.15, -0.1) is 0 Å². The molecule has 2 aromatic heterocycles. The van der Waals surface area contributed by atoms with E-state index in [-0.39, 0.29) is 0 Å². The molecule has 0 saturated heterocycles. The largest absolute Gasteiger partial charge is 0.467 e. The minimum atomic E-state index is 0.342. The first-order chi connectivity index (χ1) is 10.2. The van der Waals surface area contributed by atoms with E-state index in [1.54, 1.807) is 6.26 Å². The third-order valence-electron chi connectivity index (χ3n) is 3.59. The fourth-order valence-electron chi connectivity index (χ4n) is 2.33. The van der Waals surface area contributed by atoms with Gasteiger partial charge in [0.15, 0.2) is 0 Å². The van der Waals surface area contributed by atoms with Gasteiger partial charge in [0.25, 0.3) is 0 Å². The zero-order valence-electron chi connectivity index (χ0n) is 13.2. The van der Waals surface area contributed by atoms with Gasteiger partial charge < -0.3 is 14.6 Å². The maximum absolute atomic E-state index is 5.38. The maximum atomic E-state index is 5.38. The summed E-state index contributed by atoms with van der Waals surface area (Å²) in [5, 5.41) is 3.53. The van der Waals surface area contributed by atoms with Crippen LogP contribution in [0.3, 0.4) is 0 Å². The van der Waals surface area contributed by atoms with Crippen LogP contribution < -0.4 is 10.2 Å². The van der Waals surface area contributed by atoms with Gasteiger partial charge in [0.2, 0.25) is 0 Å². The fourth-order valence-corrected chi connectivity index (χ4v) is 2.33. The topological polar surface area (TPSA) is 41.3 Å². The lowest BCUT2D eigenvalue weighted by molar-refractivity contribution is 0.505. The molecule has 1 atom stereocenters. The van der Waals surface area contributed by atoms with Crippen LogP contribution in [0.1, 0.15) is 44.2 Å². The van der Waals surface area contributed by atoms with E-state index < -0.39 is 0 Å². The first kappa shape index (κ1) is 15.6. The number of pyridine rings is 1. The van der Waals surface area contributed by atoms with E-state index >= 15 is 0 Å². The summed E-state index contributed by atoms with van der Waals surface area (Å²) in [6.45, 7) is 6.14. The van der Waals surface area contributed by atoms with Crippen LogP contribution in [0, 0.1) is 0 Å². The van der Waals surface area contributed by atoms with E-state index in [0.717, 1.165) is 43.1 Å². The summed E-state index contributed by atoms with van der Waals surface area (Å²) in [7, 11) is 2.05. The van der Waals surface area contributed by atoms with Gasteiger partial charge in [-0.05, 0) is 43.7 Å². The zero-order chi connectivity index (χ0) is 15.1. The molecule has 21 heavy (non-hydrogen) atoms. The molecule has 0 saturated carbocycles. The molecule has 0 bridgehead atoms. The van der Waals surface area contributed by atoms with E-state index in [0.29, 0.717) is 6.04 Å². The summed E-state index contributed by atoms with van der Waals surface area (Å²) in [4.78, 5) is 6.75. The van der Waals surface area contributed by atoms with E-state index in [1.165, 1.54) is 0 Å². The maximum Gasteiger partial charge on any atom is 0.123 e. The van der Waals surface area contributed by atoms with E-state index in [2.05, 4.69) is 41.2 Å². The van der Waals surface area contributed by atoms with Crippen molar-refractivity contribution in [3.05, 3.63) is 48.2 Å². The van der Waals surface area contributed by atoms with E-state index in [9.17, 15) is 0 Å². The standard InChI is InChI=1S/C17H25N3O/c1-4-10-18-16(5-2)17-9-8-14(12-19-17)20(3)13-15-7-6-11-21-15/h6-9,11-12,16,18H,4-5,10,13H2,1-3H3. The van der Waals surface area contributed by atoms with Crippen LogP contribution in [-0.4, -0.2) is 18.6 Å². The minimum Gasteiger partial charge on any atom is -0.467 e. The Morgan fingerprint density at radius 3 is 2.71 bits per heavy atom. The predicted octanol–water partition coefficient (Wildman–Crippen LogP) is 3.76. The summed E-state index contributed by atoms with van der Waals surface area (Å²) in [5.74, 6) is 0.956. The average molecular weight is 287 g/mol. The highest BCUT2D eigenvalue weighted by Gasteiger charge is 2.10. The average Bonchev–Trinajstić information content (AvgIpc) is 3.01. The third kappa shape index (κ3) is 4.33. The molecule has 1 unspecified atom stereocenters. The van der Waals surface area contributed by atoms with Crippen LogP contribution in [0.2, 0.25) is 0 Å². The molecule has 114 valence electrons. The highest BCUT2D eigenvalue weighted by Crippen LogP contribution is 2.19. The van der Waals surface area contributed by atoms with E-state index in [4.69, 9.17) is 4.42 Å². The summed E-state index contributed by atoms with van der Waals surface area (Å²) in [5.41, 5.74) is 2.21. The molecular weight excluding hydrogens is 262 g/mol. The summed E-state index contributed by atoms with van der Waals surface area (Å²) < 4.78 is 5.38. The van der Waals surface area contributed by atoms with Crippen molar-refractivity contribution >= 4 is 5.69 Å². The fraction of sp³-hybridized carbons (Fsp3) is 0.471. The summed E-state index contributed by atoms with van der Waals surface area (Å²) in [6, 6.07) is 8.48. The predicted molar refractivity (Wildman–Crippen MR) is 86.4 cm³/mol. The smallest absolute Gasteiger partial charge is 0.123 e. The van der Waals surface area contributed by atoms with Crippen molar-refractivity contribution in [1.82, 2.24) is 10.3 Å². The van der Waals surface area contributed by atoms with Gasteiger partial charge in [-0.25, -0.2) is 0 Å². The number of hydrogen-bond donors (Lipinski definition) is 1. The van der Waals surface area contributed by atoms with Gasteiger partial charge in [0.1, 0.15) is 5.76 Å². The van der Waals surface area contributed by atoms with Crippen molar-refractivity contribution in [2.45, 2.75) is 39.3 Å². The third-order valence-corrected chi connectivity index (χ3v) is 3.59. The highest BCUT2D eigenvalue weighted by molar-refractivity contribution is 5.44. The number of furan rings is 1. The molecule has 2 aromatic rings. The Hall–Kier alpha value is -1.81. The molecule has 0 aliphatic carbocycles. The van der Waals surface area contributed by atoms with Crippen molar-refractivity contribution in [3.8, 4) is 0 Å². The Bertz CT molecular complexity index is 507.